The number of nitrogens with zero attached hydrogens (tertiary/aromatic N) is 3. The van der Waals surface area contributed by atoms with Crippen molar-refractivity contribution in [3.8, 4) is 0 Å². The molecule has 0 radical (unpaired) electrons. The molecule has 3 rings (SSSR count). The van der Waals surface area contributed by atoms with Gasteiger partial charge in [-0.3, -0.25) is 0 Å². The molecule has 18 heavy (non-hydrogen) atoms. The smallest absolute Gasteiger partial charge is 0.343 e. The Hall–Kier alpha value is -1.91. The van der Waals surface area contributed by atoms with Gasteiger partial charge in [-0.15, -0.1) is 0 Å². The summed E-state index contributed by atoms with van der Waals surface area (Å²) in [6.07, 6.45) is 10.4. The fourth-order valence-electron chi connectivity index (χ4n) is 2.61. The molecule has 0 unspecified atom stereocenters. The standard InChI is InChI=1S/C13H15N3O2/c1-18-13(17)11-7-15-16-8-10(6-14-12(11)16)9-4-2-3-5-9/h6-9H,2-5H2,1H3. The van der Waals surface area contributed by atoms with E-state index in [1.165, 1.54) is 44.6 Å². The van der Waals surface area contributed by atoms with Crippen LogP contribution in [0.3, 0.4) is 0 Å². The predicted molar refractivity (Wildman–Crippen MR) is 65.5 cm³/mol. The molecule has 0 bridgehead atoms. The van der Waals surface area contributed by atoms with Crippen molar-refractivity contribution >= 4 is 11.6 Å². The molecule has 0 spiro atoms. The normalized spacial score (nSPS) is 16.3. The fraction of sp³-hybridized carbons (Fsp3) is 0.462. The van der Waals surface area contributed by atoms with Crippen molar-refractivity contribution < 1.29 is 9.53 Å². The number of hydrogen-bond donors (Lipinski definition) is 0. The highest BCUT2D eigenvalue weighted by molar-refractivity contribution is 5.95. The molecule has 1 fully saturated rings. The van der Waals surface area contributed by atoms with Crippen LogP contribution in [0.15, 0.2) is 18.6 Å². The number of ether oxygens (including phenoxy) is 1. The highest BCUT2D eigenvalue weighted by Gasteiger charge is 2.20. The minimum atomic E-state index is -0.397. The quantitative estimate of drug-likeness (QED) is 0.761. The molecule has 0 aromatic carbocycles. The number of carbonyl (C=O) groups is 1. The number of esters is 1. The van der Waals surface area contributed by atoms with Crippen LogP contribution in [0.4, 0.5) is 0 Å². The van der Waals surface area contributed by atoms with Gasteiger partial charge >= 0.3 is 5.97 Å². The highest BCUT2D eigenvalue weighted by atomic mass is 16.5. The van der Waals surface area contributed by atoms with Crippen molar-refractivity contribution in [3.63, 3.8) is 0 Å². The van der Waals surface area contributed by atoms with Crippen LogP contribution >= 0.6 is 0 Å². The molecule has 1 aliphatic carbocycles. The van der Waals surface area contributed by atoms with Gasteiger partial charge in [0.15, 0.2) is 5.65 Å². The Labute approximate surface area is 105 Å². The molecule has 0 N–H and O–H groups in total. The minimum absolute atomic E-state index is 0.397. The minimum Gasteiger partial charge on any atom is -0.465 e. The van der Waals surface area contributed by atoms with Gasteiger partial charge in [-0.2, -0.15) is 5.10 Å². The lowest BCUT2D eigenvalue weighted by Crippen LogP contribution is -2.03. The number of fused-ring (bicyclic) bond motifs is 1. The van der Waals surface area contributed by atoms with Gasteiger partial charge in [0.1, 0.15) is 5.56 Å². The maximum absolute atomic E-state index is 11.5. The second kappa shape index (κ2) is 4.40. The van der Waals surface area contributed by atoms with Crippen molar-refractivity contribution in [3.05, 3.63) is 29.7 Å². The van der Waals surface area contributed by atoms with Crippen LogP contribution in [0.5, 0.6) is 0 Å². The topological polar surface area (TPSA) is 56.5 Å². The number of aromatic nitrogens is 3. The summed E-state index contributed by atoms with van der Waals surface area (Å²) < 4.78 is 6.37. The lowest BCUT2D eigenvalue weighted by molar-refractivity contribution is 0.0602. The Morgan fingerprint density at radius 1 is 1.39 bits per heavy atom. The molecule has 5 heteroatoms. The van der Waals surface area contributed by atoms with E-state index in [1.54, 1.807) is 4.52 Å². The third kappa shape index (κ3) is 1.75. The van der Waals surface area contributed by atoms with E-state index in [-0.39, 0.29) is 0 Å². The van der Waals surface area contributed by atoms with Crippen LogP contribution in [0, 0.1) is 0 Å². The number of rotatable bonds is 2. The summed E-state index contributed by atoms with van der Waals surface area (Å²) in [4.78, 5) is 15.9. The molecule has 0 aliphatic heterocycles. The fourth-order valence-corrected chi connectivity index (χ4v) is 2.61. The second-order valence-corrected chi connectivity index (χ2v) is 4.69. The summed E-state index contributed by atoms with van der Waals surface area (Å²) in [5, 5.41) is 4.17. The molecule has 2 aromatic rings. The first-order valence-corrected chi connectivity index (χ1v) is 6.21. The summed E-state index contributed by atoms with van der Waals surface area (Å²) in [6.45, 7) is 0. The molecule has 2 heterocycles. The Balaban J connectivity index is 2.01. The average molecular weight is 245 g/mol. The molecule has 1 saturated carbocycles. The van der Waals surface area contributed by atoms with Crippen LogP contribution in [0.1, 0.15) is 47.5 Å². The SMILES string of the molecule is COC(=O)c1cnn2cc(C3CCCC3)cnc12. The van der Waals surface area contributed by atoms with E-state index < -0.39 is 5.97 Å². The number of methoxy groups -OCH3 is 1. The number of carbonyl (C=O) groups excluding carboxylic acids is 1. The van der Waals surface area contributed by atoms with Gasteiger partial charge in [-0.1, -0.05) is 12.8 Å². The lowest BCUT2D eigenvalue weighted by atomic mass is 10.0. The zero-order chi connectivity index (χ0) is 12.5. The van der Waals surface area contributed by atoms with Crippen molar-refractivity contribution in [1.82, 2.24) is 14.6 Å². The van der Waals surface area contributed by atoms with Gasteiger partial charge in [-0.05, 0) is 24.3 Å². The monoisotopic (exact) mass is 245 g/mol. The van der Waals surface area contributed by atoms with Crippen LogP contribution in [-0.4, -0.2) is 27.7 Å². The molecule has 0 atom stereocenters. The van der Waals surface area contributed by atoms with Crippen LogP contribution in [-0.2, 0) is 4.74 Å². The molecule has 0 saturated heterocycles. The first kappa shape index (κ1) is 11.2. The van der Waals surface area contributed by atoms with Gasteiger partial charge in [0.2, 0.25) is 0 Å². The van der Waals surface area contributed by atoms with Gasteiger partial charge < -0.3 is 4.74 Å². The Kier molecular flexibility index (Phi) is 2.74. The van der Waals surface area contributed by atoms with E-state index in [1.807, 2.05) is 12.4 Å². The van der Waals surface area contributed by atoms with Gasteiger partial charge in [0.25, 0.3) is 0 Å². The summed E-state index contributed by atoms with van der Waals surface area (Å²) in [7, 11) is 1.36. The average Bonchev–Trinajstić information content (AvgIpc) is 3.06. The Morgan fingerprint density at radius 3 is 2.89 bits per heavy atom. The van der Waals surface area contributed by atoms with Crippen molar-refractivity contribution in [2.75, 3.05) is 7.11 Å². The van der Waals surface area contributed by atoms with E-state index in [2.05, 4.69) is 10.1 Å². The van der Waals surface area contributed by atoms with Crippen molar-refractivity contribution in [1.29, 1.82) is 0 Å². The lowest BCUT2D eigenvalue weighted by Gasteiger charge is -2.08. The molecule has 5 nitrogen and oxygen atoms in total. The number of hydrogen-bond acceptors (Lipinski definition) is 4. The van der Waals surface area contributed by atoms with E-state index in [9.17, 15) is 4.79 Å². The summed E-state index contributed by atoms with van der Waals surface area (Å²) in [6, 6.07) is 0. The maximum Gasteiger partial charge on any atom is 0.343 e. The molecule has 0 amide bonds. The Bertz CT molecular complexity index is 585. The van der Waals surface area contributed by atoms with E-state index >= 15 is 0 Å². The van der Waals surface area contributed by atoms with Crippen LogP contribution in [0.25, 0.3) is 5.65 Å². The maximum atomic E-state index is 11.5. The molecule has 1 aliphatic rings. The zero-order valence-electron chi connectivity index (χ0n) is 10.3. The summed E-state index contributed by atoms with van der Waals surface area (Å²) in [5.41, 5.74) is 2.18. The van der Waals surface area contributed by atoms with E-state index in [0.717, 1.165) is 0 Å². The van der Waals surface area contributed by atoms with Gasteiger partial charge in [-0.25, -0.2) is 14.3 Å². The third-order valence-corrected chi connectivity index (χ3v) is 3.61. The van der Waals surface area contributed by atoms with E-state index in [0.29, 0.717) is 17.1 Å². The largest absolute Gasteiger partial charge is 0.465 e. The molecule has 2 aromatic heterocycles. The third-order valence-electron chi connectivity index (χ3n) is 3.61. The van der Waals surface area contributed by atoms with E-state index in [4.69, 9.17) is 4.74 Å². The molecular formula is C13H15N3O2. The summed E-state index contributed by atoms with van der Waals surface area (Å²) >= 11 is 0. The predicted octanol–water partition coefficient (Wildman–Crippen LogP) is 2.17. The molecule has 94 valence electrons. The molecular weight excluding hydrogens is 230 g/mol. The van der Waals surface area contributed by atoms with Gasteiger partial charge in [0, 0.05) is 12.4 Å². The Morgan fingerprint density at radius 2 is 2.17 bits per heavy atom. The first-order valence-electron chi connectivity index (χ1n) is 6.21. The summed E-state index contributed by atoms with van der Waals surface area (Å²) in [5.74, 6) is 0.193. The van der Waals surface area contributed by atoms with Crippen molar-refractivity contribution in [2.45, 2.75) is 31.6 Å². The highest BCUT2D eigenvalue weighted by Crippen LogP contribution is 2.33. The van der Waals surface area contributed by atoms with Gasteiger partial charge in [0.05, 0.1) is 13.3 Å². The van der Waals surface area contributed by atoms with Crippen LogP contribution in [0.2, 0.25) is 0 Å². The second-order valence-electron chi connectivity index (χ2n) is 4.69. The van der Waals surface area contributed by atoms with Crippen LogP contribution < -0.4 is 0 Å². The first-order chi connectivity index (χ1) is 8.79. The zero-order valence-corrected chi connectivity index (χ0v) is 10.3. The van der Waals surface area contributed by atoms with Crippen molar-refractivity contribution in [2.24, 2.45) is 0 Å².